The second-order valence-corrected chi connectivity index (χ2v) is 5.78. The Morgan fingerprint density at radius 1 is 1.29 bits per heavy atom. The molecule has 0 saturated heterocycles. The van der Waals surface area contributed by atoms with Gasteiger partial charge in [-0.15, -0.1) is 11.3 Å². The predicted molar refractivity (Wildman–Crippen MR) is 81.3 cm³/mol. The Morgan fingerprint density at radius 3 is 2.86 bits per heavy atom. The van der Waals surface area contributed by atoms with E-state index in [1.54, 1.807) is 41.5 Å². The molecule has 0 bridgehead atoms. The maximum atomic E-state index is 12.3. The third-order valence-corrected chi connectivity index (χ3v) is 4.13. The minimum atomic E-state index is -0.505. The number of amides is 1. The molecular weight excluding hydrogens is 288 g/mol. The van der Waals surface area contributed by atoms with Crippen LogP contribution in [-0.4, -0.2) is 22.4 Å². The zero-order chi connectivity index (χ0) is 14.8. The monoisotopic (exact) mass is 302 g/mol. The van der Waals surface area contributed by atoms with E-state index in [2.05, 4.69) is 0 Å². The maximum Gasteiger partial charge on any atom is 0.420 e. The molecule has 0 unspecified atom stereocenters. The van der Waals surface area contributed by atoms with Crippen molar-refractivity contribution in [1.29, 1.82) is 0 Å². The van der Waals surface area contributed by atoms with E-state index in [1.165, 1.54) is 4.57 Å². The predicted octanol–water partition coefficient (Wildman–Crippen LogP) is 2.31. The summed E-state index contributed by atoms with van der Waals surface area (Å²) in [6.45, 7) is 0.527. The van der Waals surface area contributed by atoms with Gasteiger partial charge in [-0.25, -0.2) is 4.79 Å². The molecule has 3 aromatic rings. The zero-order valence-corrected chi connectivity index (χ0v) is 12.3. The molecule has 1 amide bonds. The number of carbonyl (C=O) groups excluding carboxylic acids is 1. The van der Waals surface area contributed by atoms with Gasteiger partial charge in [0, 0.05) is 11.9 Å². The molecule has 0 aliphatic carbocycles. The van der Waals surface area contributed by atoms with Gasteiger partial charge in [0.2, 0.25) is 5.91 Å². The van der Waals surface area contributed by atoms with E-state index in [0.29, 0.717) is 17.6 Å². The van der Waals surface area contributed by atoms with E-state index >= 15 is 0 Å². The van der Waals surface area contributed by atoms with Crippen molar-refractivity contribution in [2.75, 3.05) is 7.05 Å². The Hall–Kier alpha value is -2.34. The van der Waals surface area contributed by atoms with Gasteiger partial charge in [-0.05, 0) is 23.6 Å². The third-order valence-electron chi connectivity index (χ3n) is 3.27. The van der Waals surface area contributed by atoms with Gasteiger partial charge >= 0.3 is 5.76 Å². The first-order valence-corrected chi connectivity index (χ1v) is 7.38. The second-order valence-electron chi connectivity index (χ2n) is 4.75. The number of para-hydroxylation sites is 2. The molecule has 0 atom stereocenters. The maximum absolute atomic E-state index is 12.3. The smallest absolute Gasteiger partial charge is 0.408 e. The van der Waals surface area contributed by atoms with E-state index in [9.17, 15) is 9.59 Å². The number of hydrogen-bond acceptors (Lipinski definition) is 4. The normalized spacial score (nSPS) is 10.9. The second kappa shape index (κ2) is 5.57. The fourth-order valence-electron chi connectivity index (χ4n) is 2.14. The lowest BCUT2D eigenvalue weighted by molar-refractivity contribution is -0.131. The lowest BCUT2D eigenvalue weighted by Gasteiger charge is -2.16. The largest absolute Gasteiger partial charge is 0.420 e. The van der Waals surface area contributed by atoms with Crippen LogP contribution in [0.5, 0.6) is 0 Å². The molecule has 6 heteroatoms. The summed E-state index contributed by atoms with van der Waals surface area (Å²) in [5, 5.41) is 1.97. The summed E-state index contributed by atoms with van der Waals surface area (Å²) in [7, 11) is 1.73. The van der Waals surface area contributed by atoms with Crippen molar-refractivity contribution in [3.63, 3.8) is 0 Å². The number of rotatable bonds is 4. The minimum absolute atomic E-state index is 0.0161. The molecule has 0 aliphatic heterocycles. The van der Waals surface area contributed by atoms with Gasteiger partial charge in [0.25, 0.3) is 0 Å². The number of aromatic nitrogens is 1. The van der Waals surface area contributed by atoms with E-state index < -0.39 is 5.76 Å². The molecule has 0 spiro atoms. The number of benzene rings is 1. The fourth-order valence-corrected chi connectivity index (χ4v) is 2.90. The summed E-state index contributed by atoms with van der Waals surface area (Å²) >= 11 is 1.60. The Morgan fingerprint density at radius 2 is 2.10 bits per heavy atom. The van der Waals surface area contributed by atoms with Gasteiger partial charge < -0.3 is 9.32 Å². The Kier molecular flexibility index (Phi) is 3.62. The van der Waals surface area contributed by atoms with Gasteiger partial charge in [-0.1, -0.05) is 18.2 Å². The third kappa shape index (κ3) is 2.75. The first-order valence-electron chi connectivity index (χ1n) is 6.50. The number of nitrogens with zero attached hydrogens (tertiary/aromatic N) is 2. The molecule has 5 nitrogen and oxygen atoms in total. The topological polar surface area (TPSA) is 55.5 Å². The minimum Gasteiger partial charge on any atom is -0.408 e. The first kappa shape index (κ1) is 13.6. The van der Waals surface area contributed by atoms with Gasteiger partial charge in [-0.3, -0.25) is 9.36 Å². The van der Waals surface area contributed by atoms with Crippen molar-refractivity contribution in [3.8, 4) is 0 Å². The lowest BCUT2D eigenvalue weighted by atomic mass is 10.3. The molecule has 21 heavy (non-hydrogen) atoms. The molecule has 2 aromatic heterocycles. The van der Waals surface area contributed by atoms with Crippen molar-refractivity contribution in [2.24, 2.45) is 0 Å². The molecular formula is C15H14N2O3S. The average molecular weight is 302 g/mol. The van der Waals surface area contributed by atoms with Crippen LogP contribution in [0.25, 0.3) is 11.1 Å². The molecule has 2 heterocycles. The van der Waals surface area contributed by atoms with Crippen molar-refractivity contribution in [1.82, 2.24) is 9.47 Å². The zero-order valence-electron chi connectivity index (χ0n) is 11.5. The fraction of sp³-hybridized carbons (Fsp3) is 0.200. The van der Waals surface area contributed by atoms with E-state index in [-0.39, 0.29) is 12.5 Å². The highest BCUT2D eigenvalue weighted by Gasteiger charge is 2.15. The summed E-state index contributed by atoms with van der Waals surface area (Å²) < 4.78 is 6.49. The van der Waals surface area contributed by atoms with Gasteiger partial charge in [0.15, 0.2) is 5.58 Å². The molecule has 3 rings (SSSR count). The summed E-state index contributed by atoms with van der Waals surface area (Å²) in [6.07, 6.45) is 0. The van der Waals surface area contributed by atoms with Crippen LogP contribution in [0.15, 0.2) is 51.0 Å². The molecule has 108 valence electrons. The standard InChI is InChI=1S/C15H14N2O3S/c1-16(9-11-5-4-8-21-11)14(18)10-17-12-6-2-3-7-13(12)20-15(17)19/h2-8H,9-10H2,1H3. The van der Waals surface area contributed by atoms with Crippen LogP contribution in [-0.2, 0) is 17.9 Å². The SMILES string of the molecule is CN(Cc1cccs1)C(=O)Cn1c(=O)oc2ccccc21. The number of carbonyl (C=O) groups is 1. The Bertz CT molecular complexity index is 817. The van der Waals surface area contributed by atoms with Crippen LogP contribution in [0.4, 0.5) is 0 Å². The van der Waals surface area contributed by atoms with Crippen LogP contribution in [0.1, 0.15) is 4.88 Å². The number of hydrogen-bond donors (Lipinski definition) is 0. The molecule has 1 aromatic carbocycles. The van der Waals surface area contributed by atoms with E-state index in [1.807, 2.05) is 23.6 Å². The van der Waals surface area contributed by atoms with Crippen molar-refractivity contribution in [2.45, 2.75) is 13.1 Å². The number of thiophene rings is 1. The summed E-state index contributed by atoms with van der Waals surface area (Å²) in [6, 6.07) is 11.0. The first-order chi connectivity index (χ1) is 10.1. The van der Waals surface area contributed by atoms with Crippen LogP contribution in [0.3, 0.4) is 0 Å². The van der Waals surface area contributed by atoms with Crippen LogP contribution in [0, 0.1) is 0 Å². The average Bonchev–Trinajstić information content (AvgIpc) is 3.07. The summed E-state index contributed by atoms with van der Waals surface area (Å²) in [5.41, 5.74) is 1.14. The highest BCUT2D eigenvalue weighted by atomic mass is 32.1. The highest BCUT2D eigenvalue weighted by molar-refractivity contribution is 7.09. The van der Waals surface area contributed by atoms with E-state index in [4.69, 9.17) is 4.42 Å². The van der Waals surface area contributed by atoms with Crippen LogP contribution < -0.4 is 5.76 Å². The van der Waals surface area contributed by atoms with Crippen LogP contribution in [0.2, 0.25) is 0 Å². The summed E-state index contributed by atoms with van der Waals surface area (Å²) in [5.74, 6) is -0.633. The Labute approximate surface area is 125 Å². The molecule has 0 fully saturated rings. The van der Waals surface area contributed by atoms with Gasteiger partial charge in [-0.2, -0.15) is 0 Å². The van der Waals surface area contributed by atoms with Crippen LogP contribution >= 0.6 is 11.3 Å². The molecule has 0 radical (unpaired) electrons. The highest BCUT2D eigenvalue weighted by Crippen LogP contribution is 2.13. The van der Waals surface area contributed by atoms with Crippen molar-refractivity contribution < 1.29 is 9.21 Å². The molecule has 0 aliphatic rings. The number of oxazole rings is 1. The van der Waals surface area contributed by atoms with Gasteiger partial charge in [0.05, 0.1) is 12.1 Å². The molecule has 0 saturated carbocycles. The van der Waals surface area contributed by atoms with Gasteiger partial charge in [0.1, 0.15) is 6.54 Å². The summed E-state index contributed by atoms with van der Waals surface area (Å²) in [4.78, 5) is 26.8. The lowest BCUT2D eigenvalue weighted by Crippen LogP contribution is -2.32. The number of likely N-dealkylation sites (N-methyl/N-ethyl adjacent to an activating group) is 1. The molecule has 0 N–H and O–H groups in total. The van der Waals surface area contributed by atoms with Crippen molar-refractivity contribution >= 4 is 28.3 Å². The Balaban J connectivity index is 1.80. The number of fused-ring (bicyclic) bond motifs is 1. The quantitative estimate of drug-likeness (QED) is 0.743. The van der Waals surface area contributed by atoms with E-state index in [0.717, 1.165) is 4.88 Å². The van der Waals surface area contributed by atoms with Crippen molar-refractivity contribution in [3.05, 3.63) is 57.2 Å².